The summed E-state index contributed by atoms with van der Waals surface area (Å²) < 4.78 is 5.49. The lowest BCUT2D eigenvalue weighted by Gasteiger charge is -2.35. The Kier molecular flexibility index (Phi) is 8.86. The first-order chi connectivity index (χ1) is 14.7. The summed E-state index contributed by atoms with van der Waals surface area (Å²) in [5.74, 6) is -1.53. The summed E-state index contributed by atoms with van der Waals surface area (Å²) in [6.07, 6.45) is 3.67. The highest BCUT2D eigenvalue weighted by Crippen LogP contribution is 2.37. The maximum atomic E-state index is 12.5. The second kappa shape index (κ2) is 11.1. The van der Waals surface area contributed by atoms with E-state index in [1.165, 1.54) is 6.42 Å². The van der Waals surface area contributed by atoms with Gasteiger partial charge in [0, 0.05) is 12.0 Å². The minimum atomic E-state index is -1.15. The van der Waals surface area contributed by atoms with E-state index in [9.17, 15) is 14.4 Å². The molecule has 8 nitrogen and oxygen atoms in total. The molecule has 1 heterocycles. The molecule has 1 aromatic rings. The predicted octanol–water partition coefficient (Wildman–Crippen LogP) is 2.76. The number of carbonyl (C=O) groups excluding carboxylic acids is 2. The van der Waals surface area contributed by atoms with Crippen LogP contribution in [0.4, 0.5) is 4.79 Å². The Morgan fingerprint density at radius 3 is 2.65 bits per heavy atom. The zero-order chi connectivity index (χ0) is 23.0. The van der Waals surface area contributed by atoms with Crippen LogP contribution in [0, 0.1) is 5.92 Å². The van der Waals surface area contributed by atoms with Gasteiger partial charge in [-0.15, -0.1) is 0 Å². The molecule has 1 fully saturated rings. The van der Waals surface area contributed by atoms with Crippen LogP contribution in [0.1, 0.15) is 52.0 Å². The predicted molar refractivity (Wildman–Crippen MR) is 118 cm³/mol. The van der Waals surface area contributed by atoms with Gasteiger partial charge in [0.2, 0.25) is 5.91 Å². The molecule has 1 aliphatic heterocycles. The summed E-state index contributed by atoms with van der Waals surface area (Å²) in [7, 11) is 2.14. The molecule has 0 bridgehead atoms. The van der Waals surface area contributed by atoms with E-state index in [1.807, 2.05) is 12.1 Å². The van der Waals surface area contributed by atoms with E-state index in [4.69, 9.17) is 9.84 Å². The van der Waals surface area contributed by atoms with Crippen LogP contribution in [0.5, 0.6) is 5.75 Å². The molecular weight excluding hydrogens is 398 g/mol. The second-order valence-electron chi connectivity index (χ2n) is 8.72. The fourth-order valence-electron chi connectivity index (χ4n) is 4.21. The number of hydrogen-bond donors (Lipinski definition) is 3. The van der Waals surface area contributed by atoms with Gasteiger partial charge in [-0.2, -0.15) is 0 Å². The van der Waals surface area contributed by atoms with Gasteiger partial charge in [-0.3, -0.25) is 9.59 Å². The highest BCUT2D eigenvalue weighted by molar-refractivity contribution is 5.88. The Hall–Kier alpha value is -2.61. The maximum Gasteiger partial charge on any atom is 0.413 e. The number of likely N-dealkylation sites (N-methyl/N-ethyl adjacent to an activating group) is 1. The van der Waals surface area contributed by atoms with E-state index in [0.717, 1.165) is 37.9 Å². The summed E-state index contributed by atoms with van der Waals surface area (Å²) >= 11 is 0. The number of rotatable bonds is 8. The molecule has 0 radical (unpaired) electrons. The number of nitrogens with one attached hydrogen (secondary N) is 2. The molecule has 1 aromatic carbocycles. The van der Waals surface area contributed by atoms with Gasteiger partial charge in [-0.25, -0.2) is 4.79 Å². The van der Waals surface area contributed by atoms with Gasteiger partial charge in [0.1, 0.15) is 18.3 Å². The molecule has 31 heavy (non-hydrogen) atoms. The average Bonchev–Trinajstić information content (AvgIpc) is 2.92. The van der Waals surface area contributed by atoms with Gasteiger partial charge < -0.3 is 25.4 Å². The van der Waals surface area contributed by atoms with Crippen molar-refractivity contribution in [1.29, 1.82) is 0 Å². The van der Waals surface area contributed by atoms with E-state index < -0.39 is 30.6 Å². The number of carbonyl (C=O) groups is 3. The van der Waals surface area contributed by atoms with E-state index >= 15 is 0 Å². The van der Waals surface area contributed by atoms with Crippen molar-refractivity contribution in [3.63, 3.8) is 0 Å². The molecule has 0 aromatic heterocycles. The van der Waals surface area contributed by atoms with Crippen molar-refractivity contribution in [3.05, 3.63) is 29.8 Å². The summed E-state index contributed by atoms with van der Waals surface area (Å²) in [5, 5.41) is 13.6. The monoisotopic (exact) mass is 433 g/mol. The standard InChI is InChI=1S/C23H35N3O5/c1-5-23(11-6-7-12-26(4)15-23)17-9-8-10-18(13-17)31-22(30)25-20(16(2)3)21(29)24-14-19(27)28/h8-10,13,16,20H,5-7,11-12,14-15H2,1-4H3,(H,24,29)(H,25,30)(H,27,28)/t20-,23?/m0/s1. The first-order valence-electron chi connectivity index (χ1n) is 10.9. The van der Waals surface area contributed by atoms with Crippen LogP contribution in [0.3, 0.4) is 0 Å². The highest BCUT2D eigenvalue weighted by Gasteiger charge is 2.33. The molecule has 172 valence electrons. The molecule has 2 rings (SSSR count). The molecule has 1 unspecified atom stereocenters. The number of likely N-dealkylation sites (tertiary alicyclic amines) is 1. The molecule has 0 aliphatic carbocycles. The zero-order valence-corrected chi connectivity index (χ0v) is 18.9. The number of benzene rings is 1. The molecule has 8 heteroatoms. The third-order valence-electron chi connectivity index (χ3n) is 5.99. The molecule has 2 amide bonds. The van der Waals surface area contributed by atoms with Gasteiger partial charge in [0.05, 0.1) is 0 Å². The first-order valence-corrected chi connectivity index (χ1v) is 10.9. The van der Waals surface area contributed by atoms with Crippen LogP contribution < -0.4 is 15.4 Å². The van der Waals surface area contributed by atoms with Crippen LogP contribution in [0.2, 0.25) is 0 Å². The van der Waals surface area contributed by atoms with Crippen molar-refractivity contribution in [1.82, 2.24) is 15.5 Å². The number of hydrogen-bond acceptors (Lipinski definition) is 5. The quantitative estimate of drug-likeness (QED) is 0.582. The Bertz CT molecular complexity index is 782. The minimum absolute atomic E-state index is 0.0122. The molecule has 0 spiro atoms. The van der Waals surface area contributed by atoms with Crippen molar-refractivity contribution in [2.45, 2.75) is 57.9 Å². The van der Waals surface area contributed by atoms with Crippen LogP contribution in [-0.4, -0.2) is 60.7 Å². The van der Waals surface area contributed by atoms with E-state index in [2.05, 4.69) is 35.6 Å². The maximum absolute atomic E-state index is 12.5. The SMILES string of the molecule is CCC1(c2cccc(OC(=O)N[C@H](C(=O)NCC(=O)O)C(C)C)c2)CCCCN(C)C1. The van der Waals surface area contributed by atoms with Gasteiger partial charge >= 0.3 is 12.1 Å². The van der Waals surface area contributed by atoms with Crippen LogP contribution in [-0.2, 0) is 15.0 Å². The molecule has 1 saturated heterocycles. The van der Waals surface area contributed by atoms with Crippen molar-refractivity contribution in [2.75, 3.05) is 26.7 Å². The number of nitrogens with zero attached hydrogens (tertiary/aromatic N) is 1. The topological polar surface area (TPSA) is 108 Å². The Morgan fingerprint density at radius 2 is 2.00 bits per heavy atom. The van der Waals surface area contributed by atoms with Crippen LogP contribution in [0.15, 0.2) is 24.3 Å². The number of amides is 2. The summed E-state index contributed by atoms with van der Waals surface area (Å²) in [6.45, 7) is 7.26. The molecule has 0 saturated carbocycles. The van der Waals surface area contributed by atoms with Gasteiger partial charge in [0.15, 0.2) is 0 Å². The lowest BCUT2D eigenvalue weighted by Crippen LogP contribution is -2.51. The third-order valence-corrected chi connectivity index (χ3v) is 5.99. The number of aliphatic carboxylic acids is 1. The number of carboxylic acids is 1. The fourth-order valence-corrected chi connectivity index (χ4v) is 4.21. The van der Waals surface area contributed by atoms with Crippen molar-refractivity contribution < 1.29 is 24.2 Å². The van der Waals surface area contributed by atoms with Crippen LogP contribution in [0.25, 0.3) is 0 Å². The first kappa shape index (κ1) is 24.7. The van der Waals surface area contributed by atoms with Crippen molar-refractivity contribution >= 4 is 18.0 Å². The Labute approximate surface area is 184 Å². The van der Waals surface area contributed by atoms with E-state index in [0.29, 0.717) is 5.75 Å². The van der Waals surface area contributed by atoms with Crippen molar-refractivity contribution in [3.8, 4) is 5.75 Å². The number of carboxylic acid groups (broad SMARTS) is 1. The lowest BCUT2D eigenvalue weighted by molar-refractivity contribution is -0.138. The molecule has 1 aliphatic rings. The van der Waals surface area contributed by atoms with Crippen molar-refractivity contribution in [2.24, 2.45) is 5.92 Å². The molecule has 3 N–H and O–H groups in total. The number of ether oxygens (including phenoxy) is 1. The summed E-state index contributed by atoms with van der Waals surface area (Å²) in [5.41, 5.74) is 1.16. The summed E-state index contributed by atoms with van der Waals surface area (Å²) in [6, 6.07) is 6.72. The average molecular weight is 434 g/mol. The van der Waals surface area contributed by atoms with E-state index in [1.54, 1.807) is 19.9 Å². The van der Waals surface area contributed by atoms with E-state index in [-0.39, 0.29) is 11.3 Å². The largest absolute Gasteiger partial charge is 0.480 e. The third kappa shape index (κ3) is 6.95. The smallest absolute Gasteiger partial charge is 0.413 e. The fraction of sp³-hybridized carbons (Fsp3) is 0.609. The summed E-state index contributed by atoms with van der Waals surface area (Å²) in [4.78, 5) is 37.8. The molecular formula is C23H35N3O5. The van der Waals surface area contributed by atoms with Gasteiger partial charge in [-0.05, 0) is 56.5 Å². The minimum Gasteiger partial charge on any atom is -0.480 e. The highest BCUT2D eigenvalue weighted by atomic mass is 16.6. The zero-order valence-electron chi connectivity index (χ0n) is 18.9. The normalized spacial score (nSPS) is 20.5. The second-order valence-corrected chi connectivity index (χ2v) is 8.72. The Balaban J connectivity index is 2.11. The van der Waals surface area contributed by atoms with Crippen LogP contribution >= 0.6 is 0 Å². The Morgan fingerprint density at radius 1 is 1.26 bits per heavy atom. The lowest BCUT2D eigenvalue weighted by atomic mass is 9.74. The van der Waals surface area contributed by atoms with Gasteiger partial charge in [-0.1, -0.05) is 39.3 Å². The molecule has 2 atom stereocenters. The van der Waals surface area contributed by atoms with Gasteiger partial charge in [0.25, 0.3) is 0 Å².